The molecule has 0 aliphatic carbocycles. The number of aromatic nitrogens is 1. The van der Waals surface area contributed by atoms with Gasteiger partial charge in [0.1, 0.15) is 5.15 Å². The lowest BCUT2D eigenvalue weighted by Crippen LogP contribution is -1.91. The van der Waals surface area contributed by atoms with Crippen molar-refractivity contribution < 1.29 is 8.78 Å². The van der Waals surface area contributed by atoms with Gasteiger partial charge in [-0.25, -0.2) is 13.8 Å². The van der Waals surface area contributed by atoms with Crippen molar-refractivity contribution in [3.63, 3.8) is 0 Å². The summed E-state index contributed by atoms with van der Waals surface area (Å²) >= 11 is 11.5. The fourth-order valence-corrected chi connectivity index (χ4v) is 1.69. The first kappa shape index (κ1) is 11.3. The molecule has 0 saturated carbocycles. The molecular weight excluding hydrogens is 255 g/mol. The standard InChI is InChI=1S/C11H5Cl2F2N/c12-6-4-8(11(13)16-5-6)7-2-1-3-9(14)10(7)15/h1-5H. The van der Waals surface area contributed by atoms with Crippen LogP contribution in [0.3, 0.4) is 0 Å². The Morgan fingerprint density at radius 2 is 1.81 bits per heavy atom. The van der Waals surface area contributed by atoms with Crippen LogP contribution in [0.5, 0.6) is 0 Å². The molecular formula is C11H5Cl2F2N. The van der Waals surface area contributed by atoms with Gasteiger partial charge in [0.15, 0.2) is 11.6 Å². The minimum absolute atomic E-state index is 0.0417. The quantitative estimate of drug-likeness (QED) is 0.695. The van der Waals surface area contributed by atoms with Crippen molar-refractivity contribution >= 4 is 23.2 Å². The summed E-state index contributed by atoms with van der Waals surface area (Å²) in [6.45, 7) is 0. The zero-order chi connectivity index (χ0) is 11.7. The largest absolute Gasteiger partial charge is 0.242 e. The SMILES string of the molecule is Fc1cccc(-c2cc(Cl)cnc2Cl)c1F. The van der Waals surface area contributed by atoms with Crippen molar-refractivity contribution in [3.8, 4) is 11.1 Å². The number of pyridine rings is 1. The summed E-state index contributed by atoms with van der Waals surface area (Å²) in [5.41, 5.74) is 0.311. The van der Waals surface area contributed by atoms with Gasteiger partial charge in [0.05, 0.1) is 5.02 Å². The fraction of sp³-hybridized carbons (Fsp3) is 0. The molecule has 0 N–H and O–H groups in total. The first-order chi connectivity index (χ1) is 7.59. The van der Waals surface area contributed by atoms with Gasteiger partial charge in [-0.05, 0) is 12.1 Å². The van der Waals surface area contributed by atoms with E-state index in [4.69, 9.17) is 23.2 Å². The van der Waals surface area contributed by atoms with Crippen LogP contribution in [-0.4, -0.2) is 4.98 Å². The van der Waals surface area contributed by atoms with Gasteiger partial charge in [-0.1, -0.05) is 35.3 Å². The Labute approximate surface area is 101 Å². The van der Waals surface area contributed by atoms with Crippen LogP contribution in [0.25, 0.3) is 11.1 Å². The zero-order valence-electron chi connectivity index (χ0n) is 7.85. The fourth-order valence-electron chi connectivity index (χ4n) is 1.32. The number of benzene rings is 1. The molecule has 5 heteroatoms. The molecule has 0 spiro atoms. The van der Waals surface area contributed by atoms with Gasteiger partial charge in [-0.15, -0.1) is 0 Å². The van der Waals surface area contributed by atoms with Crippen LogP contribution < -0.4 is 0 Å². The van der Waals surface area contributed by atoms with Gasteiger partial charge in [-0.2, -0.15) is 0 Å². The Morgan fingerprint density at radius 3 is 2.56 bits per heavy atom. The van der Waals surface area contributed by atoms with E-state index in [0.29, 0.717) is 5.02 Å². The number of hydrogen-bond acceptors (Lipinski definition) is 1. The molecule has 0 amide bonds. The Kier molecular flexibility index (Phi) is 3.08. The minimum atomic E-state index is -0.964. The van der Waals surface area contributed by atoms with Gasteiger partial charge in [0, 0.05) is 17.3 Å². The molecule has 0 unspecified atom stereocenters. The summed E-state index contributed by atoms with van der Waals surface area (Å²) in [6, 6.07) is 5.28. The summed E-state index contributed by atoms with van der Waals surface area (Å²) in [5.74, 6) is -1.90. The second-order valence-corrected chi connectivity index (χ2v) is 3.89. The molecule has 82 valence electrons. The molecule has 2 aromatic rings. The minimum Gasteiger partial charge on any atom is -0.242 e. The number of halogens is 4. The second-order valence-electron chi connectivity index (χ2n) is 3.09. The maximum atomic E-state index is 13.5. The molecule has 2 rings (SSSR count). The molecule has 1 nitrogen and oxygen atoms in total. The van der Waals surface area contributed by atoms with Crippen molar-refractivity contribution in [3.05, 3.63) is 52.3 Å². The number of rotatable bonds is 1. The highest BCUT2D eigenvalue weighted by Gasteiger charge is 2.13. The van der Waals surface area contributed by atoms with E-state index < -0.39 is 11.6 Å². The van der Waals surface area contributed by atoms with E-state index in [2.05, 4.69) is 4.98 Å². The van der Waals surface area contributed by atoms with Gasteiger partial charge in [0.25, 0.3) is 0 Å². The van der Waals surface area contributed by atoms with Gasteiger partial charge >= 0.3 is 0 Å². The molecule has 0 fully saturated rings. The highest BCUT2D eigenvalue weighted by Crippen LogP contribution is 2.31. The molecule has 0 aliphatic heterocycles. The van der Waals surface area contributed by atoms with E-state index >= 15 is 0 Å². The lowest BCUT2D eigenvalue weighted by Gasteiger charge is -2.06. The van der Waals surface area contributed by atoms with Crippen LogP contribution in [0.2, 0.25) is 10.2 Å². The maximum Gasteiger partial charge on any atom is 0.166 e. The average molecular weight is 260 g/mol. The average Bonchev–Trinajstić information content (AvgIpc) is 2.26. The molecule has 16 heavy (non-hydrogen) atoms. The molecule has 0 bridgehead atoms. The molecule has 0 aliphatic rings. The van der Waals surface area contributed by atoms with Crippen LogP contribution in [0.4, 0.5) is 8.78 Å². The highest BCUT2D eigenvalue weighted by atomic mass is 35.5. The van der Waals surface area contributed by atoms with Crippen LogP contribution in [0.1, 0.15) is 0 Å². The second kappa shape index (κ2) is 4.36. The smallest absolute Gasteiger partial charge is 0.166 e. The summed E-state index contributed by atoms with van der Waals surface area (Å²) in [6.07, 6.45) is 1.34. The molecule has 1 aromatic carbocycles. The van der Waals surface area contributed by atoms with E-state index in [1.165, 1.54) is 24.4 Å². The van der Waals surface area contributed by atoms with Crippen LogP contribution >= 0.6 is 23.2 Å². The van der Waals surface area contributed by atoms with E-state index in [9.17, 15) is 8.78 Å². The normalized spacial score (nSPS) is 10.5. The Hall–Kier alpha value is -1.19. The predicted octanol–water partition coefficient (Wildman–Crippen LogP) is 4.33. The van der Waals surface area contributed by atoms with E-state index in [0.717, 1.165) is 6.07 Å². The summed E-state index contributed by atoms with van der Waals surface area (Å²) in [5, 5.41) is 0.386. The van der Waals surface area contributed by atoms with Crippen LogP contribution in [0.15, 0.2) is 30.5 Å². The molecule has 0 atom stereocenters. The van der Waals surface area contributed by atoms with Crippen LogP contribution in [0, 0.1) is 11.6 Å². The van der Waals surface area contributed by atoms with Gasteiger partial charge in [0.2, 0.25) is 0 Å². The third-order valence-corrected chi connectivity index (χ3v) is 2.56. The third kappa shape index (κ3) is 2.01. The number of hydrogen-bond donors (Lipinski definition) is 0. The number of nitrogens with zero attached hydrogens (tertiary/aromatic N) is 1. The topological polar surface area (TPSA) is 12.9 Å². The first-order valence-electron chi connectivity index (χ1n) is 4.35. The van der Waals surface area contributed by atoms with E-state index in [1.807, 2.05) is 0 Å². The summed E-state index contributed by atoms with van der Waals surface area (Å²) in [4.78, 5) is 3.77. The van der Waals surface area contributed by atoms with Crippen molar-refractivity contribution in [2.45, 2.75) is 0 Å². The summed E-state index contributed by atoms with van der Waals surface area (Å²) < 4.78 is 26.5. The first-order valence-corrected chi connectivity index (χ1v) is 5.10. The van der Waals surface area contributed by atoms with Crippen molar-refractivity contribution in [1.82, 2.24) is 4.98 Å². The van der Waals surface area contributed by atoms with Gasteiger partial charge in [-0.3, -0.25) is 0 Å². The van der Waals surface area contributed by atoms with E-state index in [-0.39, 0.29) is 16.3 Å². The molecule has 1 aromatic heterocycles. The molecule has 0 saturated heterocycles. The van der Waals surface area contributed by atoms with E-state index in [1.54, 1.807) is 0 Å². The Morgan fingerprint density at radius 1 is 1.06 bits per heavy atom. The van der Waals surface area contributed by atoms with Gasteiger partial charge < -0.3 is 0 Å². The predicted molar refractivity (Wildman–Crippen MR) is 59.6 cm³/mol. The van der Waals surface area contributed by atoms with Crippen molar-refractivity contribution in [1.29, 1.82) is 0 Å². The zero-order valence-corrected chi connectivity index (χ0v) is 9.36. The Balaban J connectivity index is 2.67. The Bertz CT molecular complexity index is 544. The van der Waals surface area contributed by atoms with Crippen LogP contribution in [-0.2, 0) is 0 Å². The lowest BCUT2D eigenvalue weighted by molar-refractivity contribution is 0.511. The monoisotopic (exact) mass is 259 g/mol. The molecule has 1 heterocycles. The third-order valence-electron chi connectivity index (χ3n) is 2.05. The summed E-state index contributed by atoms with van der Waals surface area (Å²) in [7, 11) is 0. The lowest BCUT2D eigenvalue weighted by atomic mass is 10.1. The maximum absolute atomic E-state index is 13.5. The molecule has 0 radical (unpaired) electrons. The van der Waals surface area contributed by atoms with Crippen molar-refractivity contribution in [2.75, 3.05) is 0 Å². The van der Waals surface area contributed by atoms with Crippen molar-refractivity contribution in [2.24, 2.45) is 0 Å². The highest BCUT2D eigenvalue weighted by molar-refractivity contribution is 6.34.